The first-order valence-corrected chi connectivity index (χ1v) is 22.4. The summed E-state index contributed by atoms with van der Waals surface area (Å²) in [5, 5.41) is 3.61. The molecule has 1 unspecified atom stereocenters. The average Bonchev–Trinajstić information content (AvgIpc) is 3.85. The van der Waals surface area contributed by atoms with Crippen LogP contribution in [0.2, 0.25) is 0 Å². The Labute approximate surface area is 302 Å². The second-order valence-electron chi connectivity index (χ2n) is 15.2. The number of hydrogen-bond acceptors (Lipinski definition) is 1. The van der Waals surface area contributed by atoms with Gasteiger partial charge in [-0.2, -0.15) is 35.9 Å². The number of hydrogen-bond donors (Lipinski definition) is 0. The second kappa shape index (κ2) is 19.6. The summed E-state index contributed by atoms with van der Waals surface area (Å²) in [5.41, 5.74) is 7.18. The molecule has 3 aromatic carbocycles. The van der Waals surface area contributed by atoms with E-state index in [1.54, 1.807) is 16.4 Å². The maximum absolute atomic E-state index is 2.62. The average molecular weight is 712 g/mol. The van der Waals surface area contributed by atoms with Gasteiger partial charge in [-0.05, 0) is 99.0 Å². The normalized spacial score (nSPS) is 21.4. The first-order chi connectivity index (χ1) is 22.7. The predicted molar refractivity (Wildman–Crippen MR) is 207 cm³/mol. The van der Waals surface area contributed by atoms with Crippen molar-refractivity contribution < 1.29 is 17.1 Å². The van der Waals surface area contributed by atoms with E-state index in [0.717, 1.165) is 22.6 Å². The van der Waals surface area contributed by atoms with E-state index in [0.29, 0.717) is 6.04 Å². The van der Waals surface area contributed by atoms with Crippen molar-refractivity contribution in [2.24, 2.45) is 0 Å². The first-order valence-electron chi connectivity index (χ1n) is 19.5. The molecule has 1 atom stereocenters. The molecule has 0 aliphatic heterocycles. The molecule has 1 nitrogen and oxygen atoms in total. The molecule has 0 bridgehead atoms. The summed E-state index contributed by atoms with van der Waals surface area (Å²) in [6.07, 6.45) is 29.5. The van der Waals surface area contributed by atoms with Crippen LogP contribution >= 0.6 is 15.8 Å². The fourth-order valence-corrected chi connectivity index (χ4v) is 17.7. The quantitative estimate of drug-likeness (QED) is 0.121. The van der Waals surface area contributed by atoms with Crippen molar-refractivity contribution in [3.8, 4) is 0 Å². The van der Waals surface area contributed by atoms with Crippen LogP contribution < -0.4 is 10.6 Å². The van der Waals surface area contributed by atoms with Crippen molar-refractivity contribution in [2.75, 3.05) is 14.1 Å². The Morgan fingerprint density at radius 3 is 1.40 bits per heavy atom. The molecule has 0 aromatic heterocycles. The van der Waals surface area contributed by atoms with Gasteiger partial charge in [-0.1, -0.05) is 117 Å². The molecule has 3 aromatic rings. The molecular formula is C43H63FeNP2. The van der Waals surface area contributed by atoms with Crippen LogP contribution in [0.3, 0.4) is 0 Å². The Morgan fingerprint density at radius 1 is 0.532 bits per heavy atom. The summed E-state index contributed by atoms with van der Waals surface area (Å²) >= 11 is 0. The molecule has 0 amide bonds. The van der Waals surface area contributed by atoms with Gasteiger partial charge in [0.15, 0.2) is 0 Å². The molecule has 4 fully saturated rings. The zero-order valence-electron chi connectivity index (χ0n) is 29.7. The van der Waals surface area contributed by atoms with Crippen LogP contribution in [0.5, 0.6) is 0 Å². The minimum atomic E-state index is -0.117. The van der Waals surface area contributed by atoms with Crippen LogP contribution in [0.1, 0.15) is 146 Å². The molecule has 0 radical (unpaired) electrons. The van der Waals surface area contributed by atoms with E-state index >= 15 is 0 Å². The molecule has 4 saturated carbocycles. The molecule has 0 heterocycles. The standard InChI is InChI=1S/C38H58NP2.C5H5.Fe/c1-39(2)38(35-27-17-29-37(35)41(32-22-11-5-12-23-32)33-24-13-6-14-25-33)34-26-15-16-28-36(34)40(30-18-7-3-8-19-30)31-20-9-4-10-21-31;1-2-4-5-3-1;/h15-17,26-33,38H,3-14,18-25H2,1-2H3;1-5H;/q2*-1;+2. The summed E-state index contributed by atoms with van der Waals surface area (Å²) in [4.78, 5) is 2.60. The van der Waals surface area contributed by atoms with Gasteiger partial charge in [0.25, 0.3) is 0 Å². The third kappa shape index (κ3) is 9.74. The molecular weight excluding hydrogens is 648 g/mol. The fourth-order valence-electron chi connectivity index (χ4n) is 9.71. The molecule has 4 heteroatoms. The fraction of sp³-hybridized carbons (Fsp3) is 0.628. The van der Waals surface area contributed by atoms with E-state index in [4.69, 9.17) is 0 Å². The maximum Gasteiger partial charge on any atom is 2.00 e. The summed E-state index contributed by atoms with van der Waals surface area (Å²) < 4.78 is 0. The van der Waals surface area contributed by atoms with Gasteiger partial charge < -0.3 is 4.90 Å². The SMILES string of the molecule is CN(C)C(c1ccccc1P(C1CCCCC1)C1CCCCC1)c1cc[cH-]c1P(C1CCCCC1)C1CCCCC1.[Fe+2].c1cc[cH-]c1. The summed E-state index contributed by atoms with van der Waals surface area (Å²) in [7, 11) is 4.55. The Kier molecular flexibility index (Phi) is 15.6. The van der Waals surface area contributed by atoms with E-state index in [-0.39, 0.29) is 32.9 Å². The topological polar surface area (TPSA) is 3.24 Å². The van der Waals surface area contributed by atoms with Crippen LogP contribution in [0, 0.1) is 0 Å². The van der Waals surface area contributed by atoms with Gasteiger partial charge in [0.1, 0.15) is 0 Å². The molecule has 258 valence electrons. The Hall–Kier alpha value is -0.741. The Bertz CT molecular complexity index is 1190. The summed E-state index contributed by atoms with van der Waals surface area (Å²) in [6.45, 7) is 0. The molecule has 47 heavy (non-hydrogen) atoms. The van der Waals surface area contributed by atoms with E-state index in [2.05, 4.69) is 61.5 Å². The summed E-state index contributed by atoms with van der Waals surface area (Å²) in [6, 6.07) is 28.0. The van der Waals surface area contributed by atoms with Crippen molar-refractivity contribution in [3.05, 3.63) is 83.9 Å². The monoisotopic (exact) mass is 711 g/mol. The minimum absolute atomic E-state index is 0. The van der Waals surface area contributed by atoms with Crippen molar-refractivity contribution in [2.45, 2.75) is 157 Å². The number of nitrogens with zero attached hydrogens (tertiary/aromatic N) is 1. The molecule has 4 aliphatic rings. The van der Waals surface area contributed by atoms with Gasteiger partial charge in [0.05, 0.1) is 0 Å². The summed E-state index contributed by atoms with van der Waals surface area (Å²) in [5.74, 6) is 0. The van der Waals surface area contributed by atoms with Crippen molar-refractivity contribution in [1.29, 1.82) is 0 Å². The largest absolute Gasteiger partial charge is 2.00 e. The van der Waals surface area contributed by atoms with Gasteiger partial charge in [-0.15, -0.1) is 5.30 Å². The van der Waals surface area contributed by atoms with Gasteiger partial charge in [-0.25, -0.2) is 18.2 Å². The van der Waals surface area contributed by atoms with Crippen molar-refractivity contribution in [1.82, 2.24) is 4.90 Å². The molecule has 4 aliphatic carbocycles. The third-order valence-electron chi connectivity index (χ3n) is 11.9. The van der Waals surface area contributed by atoms with E-state index in [1.807, 2.05) is 35.6 Å². The van der Waals surface area contributed by atoms with Crippen molar-refractivity contribution in [3.63, 3.8) is 0 Å². The predicted octanol–water partition coefficient (Wildman–Crippen LogP) is 12.0. The number of benzene rings is 1. The van der Waals surface area contributed by atoms with Gasteiger partial charge in [0.2, 0.25) is 0 Å². The van der Waals surface area contributed by atoms with E-state index < -0.39 is 0 Å². The second-order valence-corrected chi connectivity index (χ2v) is 20.7. The van der Waals surface area contributed by atoms with Crippen LogP contribution in [-0.4, -0.2) is 41.6 Å². The van der Waals surface area contributed by atoms with Crippen LogP contribution in [0.15, 0.2) is 72.8 Å². The molecule has 0 N–H and O–H groups in total. The van der Waals surface area contributed by atoms with Crippen LogP contribution in [0.4, 0.5) is 0 Å². The Morgan fingerprint density at radius 2 is 0.979 bits per heavy atom. The zero-order valence-corrected chi connectivity index (χ0v) is 32.5. The van der Waals surface area contributed by atoms with Crippen LogP contribution in [0.25, 0.3) is 0 Å². The first kappa shape index (κ1) is 37.5. The smallest absolute Gasteiger partial charge is 0.310 e. The number of rotatable bonds is 9. The van der Waals surface area contributed by atoms with Crippen LogP contribution in [-0.2, 0) is 17.1 Å². The molecule has 0 spiro atoms. The van der Waals surface area contributed by atoms with Gasteiger partial charge in [0, 0.05) is 6.04 Å². The van der Waals surface area contributed by atoms with Gasteiger partial charge in [-0.3, -0.25) is 0 Å². The van der Waals surface area contributed by atoms with Gasteiger partial charge >= 0.3 is 17.1 Å². The molecule has 7 rings (SSSR count). The molecule has 0 saturated heterocycles. The maximum atomic E-state index is 2.62. The minimum Gasteiger partial charge on any atom is -0.310 e. The van der Waals surface area contributed by atoms with E-state index in [9.17, 15) is 0 Å². The van der Waals surface area contributed by atoms with Crippen molar-refractivity contribution >= 4 is 26.5 Å². The third-order valence-corrected chi connectivity index (χ3v) is 19.0. The van der Waals surface area contributed by atoms with E-state index in [1.165, 1.54) is 128 Å². The zero-order chi connectivity index (χ0) is 31.6. The Balaban J connectivity index is 0.000000662.